The number of fused-ring (bicyclic) bond motifs is 1. The molecule has 1 N–H and O–H groups in total. The average molecular weight is 357 g/mol. The lowest BCUT2D eigenvalue weighted by molar-refractivity contribution is 0.197. The van der Waals surface area contributed by atoms with Gasteiger partial charge in [-0.05, 0) is 36.1 Å². The van der Waals surface area contributed by atoms with Crippen LogP contribution in [0.2, 0.25) is 0 Å². The van der Waals surface area contributed by atoms with Gasteiger partial charge in [-0.2, -0.15) is 0 Å². The monoisotopic (exact) mass is 357 g/mol. The first-order valence-corrected chi connectivity index (χ1v) is 8.11. The summed E-state index contributed by atoms with van der Waals surface area (Å²) in [5.41, 5.74) is 1.96. The Kier molecular flexibility index (Phi) is 4.18. The molecule has 0 aliphatic carbocycles. The minimum atomic E-state index is -1.13. The van der Waals surface area contributed by atoms with Crippen LogP contribution in [0.1, 0.15) is 32.0 Å². The van der Waals surface area contributed by atoms with Crippen LogP contribution in [0.5, 0.6) is 5.75 Å². The zero-order valence-electron chi connectivity index (χ0n) is 15.3. The normalized spacial score (nSPS) is 11.8. The second-order valence-electron chi connectivity index (χ2n) is 7.13. The molecule has 2 aromatic heterocycles. The van der Waals surface area contributed by atoms with Crippen LogP contribution in [-0.4, -0.2) is 32.8 Å². The number of carboxylic acid groups (broad SMARTS) is 1. The van der Waals surface area contributed by atoms with Gasteiger partial charge in [0.05, 0.1) is 12.8 Å². The molecule has 0 saturated carbocycles. The molecule has 3 rings (SSSR count). The lowest BCUT2D eigenvalue weighted by Gasteiger charge is -2.18. The summed E-state index contributed by atoms with van der Waals surface area (Å²) in [5, 5.41) is 10.3. The van der Waals surface area contributed by atoms with Gasteiger partial charge in [-0.15, -0.1) is 0 Å². The standard InChI is InChI=1S/C19H20FN3O3/c1-10-15-12(19(2,3)4)9-23(18(24)25)17(15)22-16(21-10)11-6-7-14(26-5)13(20)8-11/h6-9H,1-5H3,(H,24,25). The van der Waals surface area contributed by atoms with E-state index in [1.807, 2.05) is 20.8 Å². The quantitative estimate of drug-likeness (QED) is 0.736. The topological polar surface area (TPSA) is 77.2 Å². The van der Waals surface area contributed by atoms with Crippen LogP contribution in [-0.2, 0) is 5.41 Å². The number of hydrogen-bond acceptors (Lipinski definition) is 4. The van der Waals surface area contributed by atoms with Crippen LogP contribution >= 0.6 is 0 Å². The van der Waals surface area contributed by atoms with Gasteiger partial charge >= 0.3 is 6.09 Å². The van der Waals surface area contributed by atoms with Crippen molar-refractivity contribution >= 4 is 17.1 Å². The maximum atomic E-state index is 14.0. The number of methoxy groups -OCH3 is 1. The minimum Gasteiger partial charge on any atom is -0.494 e. The zero-order chi connectivity index (χ0) is 19.2. The molecule has 1 aromatic carbocycles. The Labute approximate surface area is 150 Å². The fraction of sp³-hybridized carbons (Fsp3) is 0.316. The number of hydrogen-bond donors (Lipinski definition) is 1. The maximum absolute atomic E-state index is 14.0. The van der Waals surface area contributed by atoms with Crippen molar-refractivity contribution in [1.82, 2.24) is 14.5 Å². The van der Waals surface area contributed by atoms with Gasteiger partial charge in [-0.25, -0.2) is 23.7 Å². The van der Waals surface area contributed by atoms with E-state index in [1.54, 1.807) is 19.2 Å². The second kappa shape index (κ2) is 6.09. The lowest BCUT2D eigenvalue weighted by Crippen LogP contribution is -2.11. The van der Waals surface area contributed by atoms with Crippen molar-refractivity contribution < 1.29 is 19.0 Å². The first kappa shape index (κ1) is 17.8. The highest BCUT2D eigenvalue weighted by Crippen LogP contribution is 2.34. The molecule has 0 amide bonds. The molecule has 0 bridgehead atoms. The largest absolute Gasteiger partial charge is 0.494 e. The van der Waals surface area contributed by atoms with E-state index in [1.165, 1.54) is 19.2 Å². The Balaban J connectivity index is 2.29. The first-order valence-electron chi connectivity index (χ1n) is 8.11. The van der Waals surface area contributed by atoms with E-state index >= 15 is 0 Å². The Morgan fingerprint density at radius 1 is 1.27 bits per heavy atom. The van der Waals surface area contributed by atoms with E-state index in [2.05, 4.69) is 9.97 Å². The summed E-state index contributed by atoms with van der Waals surface area (Å²) < 4.78 is 20.1. The van der Waals surface area contributed by atoms with Crippen molar-refractivity contribution in [3.8, 4) is 17.1 Å². The molecular formula is C19H20FN3O3. The number of rotatable bonds is 2. The predicted octanol–water partition coefficient (Wildman–Crippen LogP) is 4.38. The predicted molar refractivity (Wildman–Crippen MR) is 96.3 cm³/mol. The van der Waals surface area contributed by atoms with Crippen molar-refractivity contribution in [1.29, 1.82) is 0 Å². The third-order valence-corrected chi connectivity index (χ3v) is 4.25. The van der Waals surface area contributed by atoms with Gasteiger partial charge in [0.2, 0.25) is 0 Å². The van der Waals surface area contributed by atoms with Crippen LogP contribution in [0, 0.1) is 12.7 Å². The van der Waals surface area contributed by atoms with Crippen molar-refractivity contribution in [2.75, 3.05) is 7.11 Å². The van der Waals surface area contributed by atoms with Crippen LogP contribution in [0.25, 0.3) is 22.4 Å². The van der Waals surface area contributed by atoms with Gasteiger partial charge in [0.25, 0.3) is 0 Å². The number of ether oxygens (including phenoxy) is 1. The second-order valence-corrected chi connectivity index (χ2v) is 7.13. The van der Waals surface area contributed by atoms with E-state index in [9.17, 15) is 14.3 Å². The fourth-order valence-corrected chi connectivity index (χ4v) is 2.95. The van der Waals surface area contributed by atoms with E-state index < -0.39 is 11.9 Å². The molecule has 2 heterocycles. The number of aryl methyl sites for hydroxylation is 1. The third-order valence-electron chi connectivity index (χ3n) is 4.25. The van der Waals surface area contributed by atoms with Crippen LogP contribution in [0.4, 0.5) is 9.18 Å². The molecule has 26 heavy (non-hydrogen) atoms. The number of nitrogens with zero attached hydrogens (tertiary/aromatic N) is 3. The number of carbonyl (C=O) groups is 1. The molecule has 0 saturated heterocycles. The minimum absolute atomic E-state index is 0.121. The molecule has 3 aromatic rings. The molecule has 0 unspecified atom stereocenters. The van der Waals surface area contributed by atoms with Crippen molar-refractivity contribution in [2.24, 2.45) is 0 Å². The van der Waals surface area contributed by atoms with Gasteiger partial charge in [0, 0.05) is 17.1 Å². The van der Waals surface area contributed by atoms with Gasteiger partial charge in [-0.3, -0.25) is 0 Å². The molecule has 0 radical (unpaired) electrons. The van der Waals surface area contributed by atoms with Gasteiger partial charge in [0.1, 0.15) is 0 Å². The molecule has 7 heteroatoms. The van der Waals surface area contributed by atoms with Crippen LogP contribution < -0.4 is 4.74 Å². The maximum Gasteiger partial charge on any atom is 0.417 e. The number of aromatic nitrogens is 3. The average Bonchev–Trinajstić information content (AvgIpc) is 2.95. The SMILES string of the molecule is COc1ccc(-c2nc(C)c3c(C(C)(C)C)cn(C(=O)O)c3n2)cc1F. The Morgan fingerprint density at radius 3 is 2.50 bits per heavy atom. The van der Waals surface area contributed by atoms with E-state index in [0.717, 1.165) is 10.1 Å². The highest BCUT2D eigenvalue weighted by atomic mass is 19.1. The number of halogens is 1. The molecule has 136 valence electrons. The molecule has 0 aliphatic rings. The zero-order valence-corrected chi connectivity index (χ0v) is 15.3. The molecular weight excluding hydrogens is 337 g/mol. The molecule has 0 fully saturated rings. The Bertz CT molecular complexity index is 1020. The lowest BCUT2D eigenvalue weighted by atomic mass is 9.87. The highest BCUT2D eigenvalue weighted by Gasteiger charge is 2.25. The Morgan fingerprint density at radius 2 is 1.96 bits per heavy atom. The van der Waals surface area contributed by atoms with Crippen molar-refractivity contribution in [3.05, 3.63) is 41.5 Å². The summed E-state index contributed by atoms with van der Waals surface area (Å²) in [4.78, 5) is 20.6. The van der Waals surface area contributed by atoms with E-state index in [-0.39, 0.29) is 17.0 Å². The first-order chi connectivity index (χ1) is 12.1. The van der Waals surface area contributed by atoms with Gasteiger partial charge < -0.3 is 9.84 Å². The summed E-state index contributed by atoms with van der Waals surface area (Å²) in [7, 11) is 1.39. The highest BCUT2D eigenvalue weighted by molar-refractivity contribution is 5.92. The summed E-state index contributed by atoms with van der Waals surface area (Å²) in [6, 6.07) is 4.41. The fourth-order valence-electron chi connectivity index (χ4n) is 2.95. The van der Waals surface area contributed by atoms with E-state index in [4.69, 9.17) is 4.74 Å². The van der Waals surface area contributed by atoms with E-state index in [0.29, 0.717) is 22.3 Å². The van der Waals surface area contributed by atoms with Crippen molar-refractivity contribution in [2.45, 2.75) is 33.1 Å². The van der Waals surface area contributed by atoms with Crippen LogP contribution in [0.15, 0.2) is 24.4 Å². The van der Waals surface area contributed by atoms with Gasteiger partial charge in [-0.1, -0.05) is 20.8 Å². The van der Waals surface area contributed by atoms with Gasteiger partial charge in [0.15, 0.2) is 23.0 Å². The smallest absolute Gasteiger partial charge is 0.417 e. The Hall–Kier alpha value is -2.96. The molecule has 0 spiro atoms. The molecule has 0 atom stereocenters. The molecule has 6 nitrogen and oxygen atoms in total. The van der Waals surface area contributed by atoms with Crippen LogP contribution in [0.3, 0.4) is 0 Å². The number of benzene rings is 1. The molecule has 0 aliphatic heterocycles. The summed E-state index contributed by atoms with van der Waals surface area (Å²) in [6.45, 7) is 7.80. The third kappa shape index (κ3) is 2.89. The van der Waals surface area contributed by atoms with Crippen molar-refractivity contribution in [3.63, 3.8) is 0 Å². The summed E-state index contributed by atoms with van der Waals surface area (Å²) >= 11 is 0. The summed E-state index contributed by atoms with van der Waals surface area (Å²) in [5.74, 6) is -0.150. The summed E-state index contributed by atoms with van der Waals surface area (Å²) in [6.07, 6.45) is 0.447.